The van der Waals surface area contributed by atoms with E-state index in [0.29, 0.717) is 24.7 Å². The topological polar surface area (TPSA) is 63.4 Å². The van der Waals surface area contributed by atoms with E-state index in [2.05, 4.69) is 0 Å². The summed E-state index contributed by atoms with van der Waals surface area (Å²) in [5.41, 5.74) is 5.56. The summed E-state index contributed by atoms with van der Waals surface area (Å²) in [6, 6.07) is 4.35. The first-order chi connectivity index (χ1) is 8.45. The zero-order chi connectivity index (χ0) is 13.3. The largest absolute Gasteiger partial charge is 0.330 e. The Morgan fingerprint density at radius 3 is 2.61 bits per heavy atom. The van der Waals surface area contributed by atoms with E-state index in [1.807, 2.05) is 0 Å². The molecule has 0 spiro atoms. The SMILES string of the molecule is NCC1CCN(S(=O)(=O)c2ccc(Cl)c(Cl)c2)C1. The highest BCUT2D eigenvalue weighted by Gasteiger charge is 2.32. The standard InChI is InChI=1S/C11H14Cl2N2O2S/c12-10-2-1-9(5-11(10)13)18(16,17)15-4-3-8(6-14)7-15/h1-2,5,8H,3-4,6-7,14H2. The lowest BCUT2D eigenvalue weighted by molar-refractivity contribution is 0.459. The quantitative estimate of drug-likeness (QED) is 0.928. The Labute approximate surface area is 117 Å². The number of hydrogen-bond donors (Lipinski definition) is 1. The van der Waals surface area contributed by atoms with Gasteiger partial charge in [-0.3, -0.25) is 0 Å². The highest BCUT2D eigenvalue weighted by Crippen LogP contribution is 2.28. The molecule has 1 aliphatic rings. The van der Waals surface area contributed by atoms with Crippen LogP contribution in [0.25, 0.3) is 0 Å². The Morgan fingerprint density at radius 1 is 1.33 bits per heavy atom. The fraction of sp³-hybridized carbons (Fsp3) is 0.455. The van der Waals surface area contributed by atoms with E-state index < -0.39 is 10.0 Å². The number of sulfonamides is 1. The minimum atomic E-state index is -3.49. The smallest absolute Gasteiger partial charge is 0.243 e. The molecule has 2 N–H and O–H groups in total. The minimum Gasteiger partial charge on any atom is -0.330 e. The fourth-order valence-electron chi connectivity index (χ4n) is 1.99. The van der Waals surface area contributed by atoms with Crippen LogP contribution in [-0.2, 0) is 10.0 Å². The van der Waals surface area contributed by atoms with Crippen molar-refractivity contribution < 1.29 is 8.42 Å². The van der Waals surface area contributed by atoms with Gasteiger partial charge in [-0.25, -0.2) is 8.42 Å². The summed E-state index contributed by atoms with van der Waals surface area (Å²) >= 11 is 11.6. The van der Waals surface area contributed by atoms with Gasteiger partial charge >= 0.3 is 0 Å². The highest BCUT2D eigenvalue weighted by molar-refractivity contribution is 7.89. The number of hydrogen-bond acceptors (Lipinski definition) is 3. The van der Waals surface area contributed by atoms with Crippen LogP contribution in [-0.4, -0.2) is 32.4 Å². The molecule has 2 rings (SSSR count). The molecule has 0 radical (unpaired) electrons. The van der Waals surface area contributed by atoms with Gasteiger partial charge in [-0.1, -0.05) is 23.2 Å². The summed E-state index contributed by atoms with van der Waals surface area (Å²) in [5.74, 6) is 0.238. The van der Waals surface area contributed by atoms with E-state index in [4.69, 9.17) is 28.9 Å². The molecule has 1 saturated heterocycles. The van der Waals surface area contributed by atoms with Crippen molar-refractivity contribution in [2.75, 3.05) is 19.6 Å². The predicted molar refractivity (Wildman–Crippen MR) is 72.4 cm³/mol. The number of rotatable bonds is 3. The first kappa shape index (κ1) is 14.1. The lowest BCUT2D eigenvalue weighted by atomic mass is 10.1. The summed E-state index contributed by atoms with van der Waals surface area (Å²) in [5, 5.41) is 0.587. The molecular formula is C11H14Cl2N2O2S. The third kappa shape index (κ3) is 2.65. The Balaban J connectivity index is 2.28. The van der Waals surface area contributed by atoms with E-state index >= 15 is 0 Å². The maximum Gasteiger partial charge on any atom is 0.243 e. The molecule has 1 heterocycles. The number of nitrogens with two attached hydrogens (primary N) is 1. The van der Waals surface area contributed by atoms with Gasteiger partial charge in [-0.05, 0) is 37.1 Å². The van der Waals surface area contributed by atoms with Crippen LogP contribution in [0.3, 0.4) is 0 Å². The van der Waals surface area contributed by atoms with E-state index in [1.165, 1.54) is 22.5 Å². The Kier molecular flexibility index (Phi) is 4.18. The van der Waals surface area contributed by atoms with Crippen molar-refractivity contribution in [3.63, 3.8) is 0 Å². The monoisotopic (exact) mass is 308 g/mol. The molecule has 0 bridgehead atoms. The summed E-state index contributed by atoms with van der Waals surface area (Å²) in [4.78, 5) is 0.176. The normalized spacial score (nSPS) is 21.4. The molecule has 18 heavy (non-hydrogen) atoms. The Hall–Kier alpha value is -0.330. The van der Waals surface area contributed by atoms with Crippen LogP contribution in [0, 0.1) is 5.92 Å². The molecule has 1 aliphatic heterocycles. The average Bonchev–Trinajstić information content (AvgIpc) is 2.81. The summed E-state index contributed by atoms with van der Waals surface area (Å²) < 4.78 is 26.1. The van der Waals surface area contributed by atoms with Crippen molar-refractivity contribution in [2.24, 2.45) is 11.7 Å². The van der Waals surface area contributed by atoms with Crippen LogP contribution in [0.4, 0.5) is 0 Å². The molecule has 0 amide bonds. The maximum absolute atomic E-state index is 12.3. The van der Waals surface area contributed by atoms with Crippen molar-refractivity contribution in [2.45, 2.75) is 11.3 Å². The van der Waals surface area contributed by atoms with E-state index in [1.54, 1.807) is 0 Å². The molecule has 1 aromatic rings. The van der Waals surface area contributed by atoms with Crippen LogP contribution in [0.2, 0.25) is 10.0 Å². The van der Waals surface area contributed by atoms with Gasteiger partial charge in [0.1, 0.15) is 0 Å². The van der Waals surface area contributed by atoms with Crippen molar-refractivity contribution in [3.05, 3.63) is 28.2 Å². The molecule has 0 aliphatic carbocycles. The molecule has 4 nitrogen and oxygen atoms in total. The number of halogens is 2. The Morgan fingerprint density at radius 2 is 2.06 bits per heavy atom. The van der Waals surface area contributed by atoms with Crippen LogP contribution in [0.5, 0.6) is 0 Å². The summed E-state index contributed by atoms with van der Waals surface area (Å²) in [6.07, 6.45) is 0.803. The summed E-state index contributed by atoms with van der Waals surface area (Å²) in [6.45, 7) is 1.48. The molecular weight excluding hydrogens is 295 g/mol. The second kappa shape index (κ2) is 5.35. The molecule has 100 valence electrons. The second-order valence-electron chi connectivity index (χ2n) is 4.33. The van der Waals surface area contributed by atoms with Gasteiger partial charge in [-0.2, -0.15) is 4.31 Å². The molecule has 1 fully saturated rings. The van der Waals surface area contributed by atoms with Crippen LogP contribution >= 0.6 is 23.2 Å². The molecule has 0 saturated carbocycles. The Bertz CT molecular complexity index is 548. The predicted octanol–water partition coefficient (Wildman–Crippen LogP) is 1.96. The molecule has 1 aromatic carbocycles. The van der Waals surface area contributed by atoms with Gasteiger partial charge in [0.25, 0.3) is 0 Å². The lowest BCUT2D eigenvalue weighted by Crippen LogP contribution is -2.30. The zero-order valence-electron chi connectivity index (χ0n) is 9.64. The van der Waals surface area contributed by atoms with Gasteiger partial charge in [0.15, 0.2) is 0 Å². The van der Waals surface area contributed by atoms with Gasteiger partial charge in [0, 0.05) is 13.1 Å². The number of benzene rings is 1. The molecule has 0 aromatic heterocycles. The van der Waals surface area contributed by atoms with Crippen molar-refractivity contribution in [1.82, 2.24) is 4.31 Å². The van der Waals surface area contributed by atoms with Crippen LogP contribution in [0.15, 0.2) is 23.1 Å². The van der Waals surface area contributed by atoms with E-state index in [-0.39, 0.29) is 15.8 Å². The average molecular weight is 309 g/mol. The van der Waals surface area contributed by atoms with Crippen LogP contribution < -0.4 is 5.73 Å². The van der Waals surface area contributed by atoms with Crippen molar-refractivity contribution in [3.8, 4) is 0 Å². The van der Waals surface area contributed by atoms with Gasteiger partial charge < -0.3 is 5.73 Å². The van der Waals surface area contributed by atoms with Crippen molar-refractivity contribution in [1.29, 1.82) is 0 Å². The van der Waals surface area contributed by atoms with E-state index in [0.717, 1.165) is 6.42 Å². The fourth-order valence-corrected chi connectivity index (χ4v) is 3.91. The first-order valence-corrected chi connectivity index (χ1v) is 7.80. The van der Waals surface area contributed by atoms with Gasteiger partial charge in [-0.15, -0.1) is 0 Å². The second-order valence-corrected chi connectivity index (χ2v) is 7.08. The van der Waals surface area contributed by atoms with Crippen molar-refractivity contribution >= 4 is 33.2 Å². The van der Waals surface area contributed by atoms with Gasteiger partial charge in [0.05, 0.1) is 14.9 Å². The molecule has 1 unspecified atom stereocenters. The van der Waals surface area contributed by atoms with Crippen LogP contribution in [0.1, 0.15) is 6.42 Å². The van der Waals surface area contributed by atoms with Gasteiger partial charge in [0.2, 0.25) is 10.0 Å². The lowest BCUT2D eigenvalue weighted by Gasteiger charge is -2.16. The first-order valence-electron chi connectivity index (χ1n) is 5.60. The third-order valence-corrected chi connectivity index (χ3v) is 5.71. The minimum absolute atomic E-state index is 0.176. The highest BCUT2D eigenvalue weighted by atomic mass is 35.5. The maximum atomic E-state index is 12.3. The molecule has 7 heteroatoms. The third-order valence-electron chi connectivity index (χ3n) is 3.11. The summed E-state index contributed by atoms with van der Waals surface area (Å²) in [7, 11) is -3.49. The number of nitrogens with zero attached hydrogens (tertiary/aromatic N) is 1. The molecule has 1 atom stereocenters. The zero-order valence-corrected chi connectivity index (χ0v) is 12.0. The van der Waals surface area contributed by atoms with E-state index in [9.17, 15) is 8.42 Å².